The molecule has 0 amide bonds. The van der Waals surface area contributed by atoms with Crippen molar-refractivity contribution >= 4 is 0 Å². The zero-order chi connectivity index (χ0) is 14.0. The van der Waals surface area contributed by atoms with Gasteiger partial charge in [0, 0.05) is 20.0 Å². The molecule has 0 aromatic rings. The molecule has 0 aliphatic heterocycles. The van der Waals surface area contributed by atoms with Crippen molar-refractivity contribution in [3.8, 4) is 11.8 Å². The predicted molar refractivity (Wildman–Crippen MR) is 84.8 cm³/mol. The molecule has 0 heterocycles. The fourth-order valence-electron chi connectivity index (χ4n) is 2.19. The van der Waals surface area contributed by atoms with Crippen LogP contribution in [0.1, 0.15) is 90.4 Å². The van der Waals surface area contributed by atoms with E-state index in [1.165, 1.54) is 64.2 Å². The summed E-state index contributed by atoms with van der Waals surface area (Å²) in [5.74, 6) is 6.34. The van der Waals surface area contributed by atoms with E-state index in [2.05, 4.69) is 18.8 Å². The average Bonchev–Trinajstić information content (AvgIpc) is 2.43. The molecule has 0 rings (SSSR count). The second-order valence-electron chi connectivity index (χ2n) is 5.18. The summed E-state index contributed by atoms with van der Waals surface area (Å²) in [6, 6.07) is 0. The normalized spacial score (nSPS) is 10.2. The van der Waals surface area contributed by atoms with Gasteiger partial charge in [0.2, 0.25) is 0 Å². The van der Waals surface area contributed by atoms with Gasteiger partial charge in [-0.25, -0.2) is 0 Å². The molecule has 0 saturated carbocycles. The lowest BCUT2D eigenvalue weighted by Gasteiger charge is -2.02. The van der Waals surface area contributed by atoms with E-state index in [1.807, 2.05) is 6.61 Å². The van der Waals surface area contributed by atoms with Crippen molar-refractivity contribution in [3.05, 3.63) is 6.61 Å². The fraction of sp³-hybridized carbons (Fsp3) is 0.833. The van der Waals surface area contributed by atoms with Gasteiger partial charge in [-0.2, -0.15) is 0 Å². The topological polar surface area (TPSA) is 9.23 Å². The Morgan fingerprint density at radius 1 is 0.737 bits per heavy atom. The highest BCUT2D eigenvalue weighted by Crippen LogP contribution is 2.12. The summed E-state index contributed by atoms with van der Waals surface area (Å²) in [7, 11) is 1.73. The fourth-order valence-corrected chi connectivity index (χ4v) is 2.19. The molecular weight excluding hydrogens is 232 g/mol. The van der Waals surface area contributed by atoms with Crippen LogP contribution in [0.5, 0.6) is 0 Å². The van der Waals surface area contributed by atoms with Gasteiger partial charge in [0.05, 0.1) is 6.61 Å². The zero-order valence-electron chi connectivity index (χ0n) is 13.2. The molecule has 1 radical (unpaired) electrons. The van der Waals surface area contributed by atoms with Crippen LogP contribution in [0.3, 0.4) is 0 Å². The second kappa shape index (κ2) is 17.5. The molecule has 0 N–H and O–H groups in total. The van der Waals surface area contributed by atoms with E-state index >= 15 is 0 Å². The number of hydrogen-bond donors (Lipinski definition) is 0. The van der Waals surface area contributed by atoms with E-state index in [4.69, 9.17) is 4.74 Å². The van der Waals surface area contributed by atoms with Gasteiger partial charge in [-0.3, -0.25) is 0 Å². The third-order valence-electron chi connectivity index (χ3n) is 3.34. The van der Waals surface area contributed by atoms with Crippen LogP contribution in [0.4, 0.5) is 0 Å². The first-order chi connectivity index (χ1) is 9.41. The molecule has 0 bridgehead atoms. The number of unbranched alkanes of at least 4 members (excludes halogenated alkanes) is 11. The van der Waals surface area contributed by atoms with Crippen LogP contribution in [0, 0.1) is 18.4 Å². The molecule has 0 aliphatic rings. The van der Waals surface area contributed by atoms with Crippen molar-refractivity contribution in [3.63, 3.8) is 0 Å². The molecular formula is C18H33O. The lowest BCUT2D eigenvalue weighted by atomic mass is 10.1. The van der Waals surface area contributed by atoms with Crippen LogP contribution in [-0.2, 0) is 4.74 Å². The third-order valence-corrected chi connectivity index (χ3v) is 3.34. The molecule has 0 unspecified atom stereocenters. The largest absolute Gasteiger partial charge is 0.379 e. The first-order valence-electron chi connectivity index (χ1n) is 8.22. The van der Waals surface area contributed by atoms with Gasteiger partial charge in [-0.1, -0.05) is 64.7 Å². The molecule has 0 saturated heterocycles. The van der Waals surface area contributed by atoms with E-state index in [0.29, 0.717) is 0 Å². The minimum Gasteiger partial charge on any atom is -0.379 e. The molecule has 1 nitrogen and oxygen atoms in total. The molecule has 19 heavy (non-hydrogen) atoms. The number of methoxy groups -OCH3 is 1. The van der Waals surface area contributed by atoms with Crippen molar-refractivity contribution in [2.24, 2.45) is 0 Å². The first kappa shape index (κ1) is 18.5. The van der Waals surface area contributed by atoms with Gasteiger partial charge in [0.1, 0.15) is 0 Å². The Hall–Kier alpha value is -0.480. The first-order valence-corrected chi connectivity index (χ1v) is 8.22. The number of ether oxygens (including phenoxy) is 1. The summed E-state index contributed by atoms with van der Waals surface area (Å²) in [5.41, 5.74) is 0. The minimum absolute atomic E-state index is 1.00. The van der Waals surface area contributed by atoms with Crippen LogP contribution in [0.15, 0.2) is 0 Å². The lowest BCUT2D eigenvalue weighted by molar-refractivity contribution is 0.262. The van der Waals surface area contributed by atoms with E-state index in [9.17, 15) is 0 Å². The molecule has 0 spiro atoms. The maximum atomic E-state index is 4.92. The van der Waals surface area contributed by atoms with Gasteiger partial charge >= 0.3 is 0 Å². The summed E-state index contributed by atoms with van der Waals surface area (Å²) < 4.78 is 4.92. The van der Waals surface area contributed by atoms with E-state index in [-0.39, 0.29) is 0 Å². The second-order valence-corrected chi connectivity index (χ2v) is 5.18. The monoisotopic (exact) mass is 265 g/mol. The summed E-state index contributed by atoms with van der Waals surface area (Å²) in [6.45, 7) is 4.02. The molecule has 0 aromatic heterocycles. The van der Waals surface area contributed by atoms with Crippen molar-refractivity contribution in [1.29, 1.82) is 0 Å². The van der Waals surface area contributed by atoms with Gasteiger partial charge in [0.25, 0.3) is 0 Å². The molecule has 0 atom stereocenters. The average molecular weight is 265 g/mol. The van der Waals surface area contributed by atoms with Crippen LogP contribution in [-0.4, -0.2) is 7.11 Å². The Morgan fingerprint density at radius 3 is 1.79 bits per heavy atom. The van der Waals surface area contributed by atoms with Gasteiger partial charge < -0.3 is 4.74 Å². The third kappa shape index (κ3) is 17.5. The van der Waals surface area contributed by atoms with E-state index < -0.39 is 0 Å². The van der Waals surface area contributed by atoms with Crippen molar-refractivity contribution in [2.75, 3.05) is 7.11 Å². The Labute approximate surface area is 121 Å². The van der Waals surface area contributed by atoms with Crippen LogP contribution >= 0.6 is 0 Å². The summed E-state index contributed by atoms with van der Waals surface area (Å²) in [5, 5.41) is 0. The highest BCUT2D eigenvalue weighted by Gasteiger charge is 1.93. The molecule has 0 fully saturated rings. The summed E-state index contributed by atoms with van der Waals surface area (Å²) in [4.78, 5) is 0. The van der Waals surface area contributed by atoms with E-state index in [1.54, 1.807) is 7.11 Å². The highest BCUT2D eigenvalue weighted by molar-refractivity contribution is 4.97. The van der Waals surface area contributed by atoms with Gasteiger partial charge in [-0.05, 0) is 12.8 Å². The van der Waals surface area contributed by atoms with Crippen LogP contribution in [0.2, 0.25) is 0 Å². The van der Waals surface area contributed by atoms with Gasteiger partial charge in [0.15, 0.2) is 0 Å². The summed E-state index contributed by atoms with van der Waals surface area (Å²) in [6.07, 6.45) is 17.0. The van der Waals surface area contributed by atoms with Crippen molar-refractivity contribution in [1.82, 2.24) is 0 Å². The standard InChI is InChI=1S/C18H33O/c1-3-4-5-6-7-8-9-10-11-12-13-14-15-16-17-18-19-2/h18H,3,6-17H2,1-2H3. The number of hydrogen-bond acceptors (Lipinski definition) is 1. The van der Waals surface area contributed by atoms with Gasteiger partial charge in [-0.15, -0.1) is 11.8 Å². The van der Waals surface area contributed by atoms with Crippen molar-refractivity contribution in [2.45, 2.75) is 90.4 Å². The van der Waals surface area contributed by atoms with Crippen molar-refractivity contribution < 1.29 is 4.74 Å². The maximum absolute atomic E-state index is 4.92. The van der Waals surface area contributed by atoms with E-state index in [0.717, 1.165) is 19.3 Å². The smallest absolute Gasteiger partial charge is 0.0832 e. The SMILES string of the molecule is CCC#CCCCCCCCCCCCC[CH]OC. The maximum Gasteiger partial charge on any atom is 0.0832 e. The zero-order valence-corrected chi connectivity index (χ0v) is 13.2. The highest BCUT2D eigenvalue weighted by atomic mass is 16.5. The minimum atomic E-state index is 1.00. The Kier molecular flexibility index (Phi) is 17.1. The summed E-state index contributed by atoms with van der Waals surface area (Å²) >= 11 is 0. The molecule has 111 valence electrons. The molecule has 0 aromatic carbocycles. The lowest BCUT2D eigenvalue weighted by Crippen LogP contribution is -1.84. The molecule has 0 aliphatic carbocycles. The Morgan fingerprint density at radius 2 is 1.26 bits per heavy atom. The molecule has 1 heteroatoms. The number of rotatable bonds is 13. The van der Waals surface area contributed by atoms with Crippen LogP contribution < -0.4 is 0 Å². The Balaban J connectivity index is 2.95. The van der Waals surface area contributed by atoms with Crippen LogP contribution in [0.25, 0.3) is 0 Å². The quantitative estimate of drug-likeness (QED) is 0.298. The Bertz CT molecular complexity index is 211. The predicted octanol–water partition coefficient (Wildman–Crippen LogP) is 5.89.